The van der Waals surface area contributed by atoms with Crippen molar-refractivity contribution < 1.29 is 23.1 Å². The van der Waals surface area contributed by atoms with Crippen LogP contribution in [0.15, 0.2) is 12.1 Å². The number of carboxylic acid groups (broad SMARTS) is 1. The Balaban J connectivity index is 2.51. The van der Waals surface area contributed by atoms with Crippen molar-refractivity contribution >= 4 is 52.4 Å². The summed E-state index contributed by atoms with van der Waals surface area (Å²) in [6, 6.07) is 1.87. The van der Waals surface area contributed by atoms with Gasteiger partial charge < -0.3 is 5.11 Å². The van der Waals surface area contributed by atoms with Crippen molar-refractivity contribution in [3.63, 3.8) is 0 Å². The van der Waals surface area contributed by atoms with E-state index in [1.807, 2.05) is 0 Å². The number of alkyl halides is 5. The number of carbonyl (C=O) groups is 1. The molecule has 0 radical (unpaired) electrons. The summed E-state index contributed by atoms with van der Waals surface area (Å²) in [4.78, 5) is 10.9. The lowest BCUT2D eigenvalue weighted by molar-refractivity contribution is -0.138. The average Bonchev–Trinajstić information content (AvgIpc) is 2.84. The van der Waals surface area contributed by atoms with E-state index in [4.69, 9.17) is 51.5 Å². The molecule has 20 heavy (non-hydrogen) atoms. The zero-order valence-electron chi connectivity index (χ0n) is 9.31. The Morgan fingerprint density at radius 3 is 2.20 bits per heavy atom. The third kappa shape index (κ3) is 2.56. The van der Waals surface area contributed by atoms with E-state index in [1.54, 1.807) is 0 Å². The number of hydrogen-bond acceptors (Lipinski definition) is 1. The van der Waals surface area contributed by atoms with Gasteiger partial charge in [0, 0.05) is 5.92 Å². The second kappa shape index (κ2) is 4.83. The van der Waals surface area contributed by atoms with E-state index in [1.165, 1.54) is 0 Å². The van der Waals surface area contributed by atoms with E-state index >= 15 is 0 Å². The molecule has 1 unspecified atom stereocenters. The van der Waals surface area contributed by atoms with Crippen LogP contribution in [0.4, 0.5) is 13.2 Å². The molecular weight excluding hydrogens is 363 g/mol. The maximum absolute atomic E-state index is 12.8. The second-order valence-electron chi connectivity index (χ2n) is 4.33. The number of halogens is 7. The fraction of sp³-hybridized carbons (Fsp3) is 0.364. The molecular formula is C11H5Cl4F3O2. The Hall–Kier alpha value is -0.360. The van der Waals surface area contributed by atoms with Crippen LogP contribution < -0.4 is 0 Å². The van der Waals surface area contributed by atoms with Gasteiger partial charge in [0.15, 0.2) is 0 Å². The highest BCUT2D eigenvalue weighted by atomic mass is 35.5. The molecule has 0 aliphatic heterocycles. The van der Waals surface area contributed by atoms with Crippen LogP contribution in [-0.4, -0.2) is 15.4 Å². The van der Waals surface area contributed by atoms with Gasteiger partial charge in [-0.25, -0.2) is 0 Å². The lowest BCUT2D eigenvalue weighted by atomic mass is 10.1. The van der Waals surface area contributed by atoms with Crippen molar-refractivity contribution in [2.24, 2.45) is 5.92 Å². The monoisotopic (exact) mass is 366 g/mol. The predicted octanol–water partition coefficient (Wildman–Crippen LogP) is 4.98. The minimum absolute atomic E-state index is 0.0101. The summed E-state index contributed by atoms with van der Waals surface area (Å²) in [5.41, 5.74) is -1.16. The summed E-state index contributed by atoms with van der Waals surface area (Å²) in [5, 5.41) is 7.94. The molecule has 1 aliphatic carbocycles. The van der Waals surface area contributed by atoms with Crippen molar-refractivity contribution in [3.8, 4) is 0 Å². The molecule has 2 rings (SSSR count). The summed E-state index contributed by atoms with van der Waals surface area (Å²) in [5.74, 6) is -3.46. The largest absolute Gasteiger partial charge is 0.481 e. The second-order valence-corrected chi connectivity index (χ2v) is 6.56. The van der Waals surface area contributed by atoms with Gasteiger partial charge in [-0.2, -0.15) is 13.2 Å². The van der Waals surface area contributed by atoms with Crippen LogP contribution in [-0.2, 0) is 11.0 Å². The summed E-state index contributed by atoms with van der Waals surface area (Å²) in [7, 11) is 0. The van der Waals surface area contributed by atoms with Crippen molar-refractivity contribution in [1.82, 2.24) is 0 Å². The van der Waals surface area contributed by atoms with Gasteiger partial charge in [0.2, 0.25) is 0 Å². The molecule has 110 valence electrons. The van der Waals surface area contributed by atoms with E-state index in [9.17, 15) is 18.0 Å². The van der Waals surface area contributed by atoms with Crippen LogP contribution >= 0.6 is 46.4 Å². The van der Waals surface area contributed by atoms with Crippen LogP contribution in [0.25, 0.3) is 0 Å². The first-order valence-electron chi connectivity index (χ1n) is 5.14. The Bertz CT molecular complexity index is 586. The van der Waals surface area contributed by atoms with Crippen molar-refractivity contribution in [2.75, 3.05) is 0 Å². The molecule has 1 fully saturated rings. The zero-order chi connectivity index (χ0) is 15.5. The van der Waals surface area contributed by atoms with Crippen LogP contribution in [0.1, 0.15) is 17.0 Å². The van der Waals surface area contributed by atoms with Gasteiger partial charge in [-0.15, -0.1) is 0 Å². The molecule has 0 aromatic heterocycles. The molecule has 1 aromatic rings. The molecule has 2 nitrogen and oxygen atoms in total. The van der Waals surface area contributed by atoms with E-state index in [0.717, 1.165) is 12.1 Å². The van der Waals surface area contributed by atoms with E-state index in [2.05, 4.69) is 0 Å². The highest BCUT2D eigenvalue weighted by Crippen LogP contribution is 2.65. The fourth-order valence-corrected chi connectivity index (χ4v) is 3.31. The van der Waals surface area contributed by atoms with Gasteiger partial charge in [-0.05, 0) is 17.7 Å². The maximum atomic E-state index is 12.8. The first kappa shape index (κ1) is 16.0. The molecule has 2 atom stereocenters. The number of rotatable bonds is 2. The zero-order valence-corrected chi connectivity index (χ0v) is 12.3. The van der Waals surface area contributed by atoms with E-state index in [0.29, 0.717) is 0 Å². The number of aliphatic carboxylic acids is 1. The predicted molar refractivity (Wildman–Crippen MR) is 69.8 cm³/mol. The maximum Gasteiger partial charge on any atom is 0.417 e. The Morgan fingerprint density at radius 1 is 1.25 bits per heavy atom. The molecule has 1 saturated carbocycles. The quantitative estimate of drug-likeness (QED) is 0.748. The van der Waals surface area contributed by atoms with Crippen molar-refractivity contribution in [1.29, 1.82) is 0 Å². The van der Waals surface area contributed by atoms with Crippen LogP contribution in [0.5, 0.6) is 0 Å². The Morgan fingerprint density at radius 2 is 1.80 bits per heavy atom. The summed E-state index contributed by atoms with van der Waals surface area (Å²) < 4.78 is 36.8. The molecule has 0 amide bonds. The summed E-state index contributed by atoms with van der Waals surface area (Å²) in [6.07, 6.45) is -4.72. The van der Waals surface area contributed by atoms with Crippen LogP contribution in [0.3, 0.4) is 0 Å². The molecule has 0 spiro atoms. The van der Waals surface area contributed by atoms with Gasteiger partial charge in [-0.1, -0.05) is 46.4 Å². The Labute approximate surface area is 131 Å². The fourth-order valence-electron chi connectivity index (χ4n) is 2.04. The Kier molecular flexibility index (Phi) is 3.87. The van der Waals surface area contributed by atoms with E-state index in [-0.39, 0.29) is 10.6 Å². The normalized spacial score (nSPS) is 24.6. The number of hydrogen-bond donors (Lipinski definition) is 1. The van der Waals surface area contributed by atoms with Crippen molar-refractivity contribution in [3.05, 3.63) is 33.3 Å². The third-order valence-electron chi connectivity index (χ3n) is 3.03. The van der Waals surface area contributed by atoms with E-state index < -0.39 is 38.9 Å². The van der Waals surface area contributed by atoms with Crippen molar-refractivity contribution in [2.45, 2.75) is 16.4 Å². The topological polar surface area (TPSA) is 37.3 Å². The minimum Gasteiger partial charge on any atom is -0.481 e. The highest BCUT2D eigenvalue weighted by molar-refractivity contribution is 6.53. The minimum atomic E-state index is -4.72. The first-order valence-corrected chi connectivity index (χ1v) is 6.66. The van der Waals surface area contributed by atoms with Crippen LogP contribution in [0, 0.1) is 5.92 Å². The molecule has 1 aromatic carbocycles. The first-order chi connectivity index (χ1) is 8.98. The molecule has 0 saturated heterocycles. The lowest BCUT2D eigenvalue weighted by Crippen LogP contribution is -2.07. The average molecular weight is 368 g/mol. The van der Waals surface area contributed by atoms with Gasteiger partial charge in [0.1, 0.15) is 4.33 Å². The van der Waals surface area contributed by atoms with Crippen LogP contribution in [0.2, 0.25) is 10.0 Å². The standard InChI is InChI=1S/C11H5Cl4F3O2/c12-5-2-3(1-4(8(5)13)11(16,17)18)6-7(9(19)20)10(6,14)15/h1-2,6-7H,(H,19,20)/t6?,7-/m0/s1. The summed E-state index contributed by atoms with van der Waals surface area (Å²) in [6.45, 7) is 0. The van der Waals surface area contributed by atoms with Gasteiger partial charge in [0.05, 0.1) is 21.5 Å². The number of carboxylic acids is 1. The van der Waals surface area contributed by atoms with Gasteiger partial charge in [0.25, 0.3) is 0 Å². The number of benzene rings is 1. The molecule has 1 N–H and O–H groups in total. The summed E-state index contributed by atoms with van der Waals surface area (Å²) >= 11 is 22.7. The van der Waals surface area contributed by atoms with Gasteiger partial charge in [-0.3, -0.25) is 4.79 Å². The lowest BCUT2D eigenvalue weighted by Gasteiger charge is -2.12. The highest BCUT2D eigenvalue weighted by Gasteiger charge is 2.68. The molecule has 0 heterocycles. The molecule has 0 bridgehead atoms. The van der Waals surface area contributed by atoms with Gasteiger partial charge >= 0.3 is 12.1 Å². The molecule has 9 heteroatoms. The molecule has 1 aliphatic rings. The third-order valence-corrected chi connectivity index (χ3v) is 4.78. The smallest absolute Gasteiger partial charge is 0.417 e. The SMILES string of the molecule is O=C(O)[C@@H]1C(c2cc(Cl)c(Cl)c(C(F)(F)F)c2)C1(Cl)Cl.